The highest BCUT2D eigenvalue weighted by Crippen LogP contribution is 2.39. The van der Waals surface area contributed by atoms with Gasteiger partial charge in [-0.2, -0.15) is 0 Å². The normalized spacial score (nSPS) is 11.3. The number of hydrogen-bond donors (Lipinski definition) is 1. The minimum absolute atomic E-state index is 0.159. The van der Waals surface area contributed by atoms with Crippen molar-refractivity contribution in [1.82, 2.24) is 14.7 Å². The van der Waals surface area contributed by atoms with Gasteiger partial charge in [-0.05, 0) is 50.6 Å². The van der Waals surface area contributed by atoms with E-state index in [-0.39, 0.29) is 5.69 Å². The van der Waals surface area contributed by atoms with Crippen molar-refractivity contribution >= 4 is 11.0 Å². The average molecular weight is 363 g/mol. The highest BCUT2D eigenvalue weighted by molar-refractivity contribution is 5.98. The molecule has 0 spiro atoms. The number of fused-ring (bicyclic) bond motifs is 1. The van der Waals surface area contributed by atoms with Crippen molar-refractivity contribution in [2.24, 2.45) is 7.05 Å². The minimum Gasteiger partial charge on any atom is -0.496 e. The van der Waals surface area contributed by atoms with E-state index in [1.54, 1.807) is 18.7 Å². The Balaban J connectivity index is 2.13. The van der Waals surface area contributed by atoms with E-state index in [4.69, 9.17) is 9.26 Å². The van der Waals surface area contributed by atoms with Gasteiger partial charge in [0.05, 0.1) is 23.8 Å². The molecule has 0 saturated carbocycles. The molecule has 0 fully saturated rings. The number of nitrogens with zero attached hydrogens (tertiary/aromatic N) is 2. The monoisotopic (exact) mass is 363 g/mol. The Kier molecular flexibility index (Phi) is 3.91. The number of H-pyrrole nitrogens is 1. The molecule has 0 bridgehead atoms. The number of hydrogen-bond acceptors (Lipinski definition) is 4. The van der Waals surface area contributed by atoms with Crippen LogP contribution in [0.15, 0.2) is 39.6 Å². The molecule has 2 heterocycles. The van der Waals surface area contributed by atoms with Gasteiger partial charge in [0.15, 0.2) is 0 Å². The summed E-state index contributed by atoms with van der Waals surface area (Å²) in [6.07, 6.45) is 0. The third-order valence-corrected chi connectivity index (χ3v) is 4.96. The third kappa shape index (κ3) is 2.65. The lowest BCUT2D eigenvalue weighted by Crippen LogP contribution is -2.12. The number of ether oxygens (including phenoxy) is 1. The van der Waals surface area contributed by atoms with E-state index >= 15 is 0 Å². The van der Waals surface area contributed by atoms with Crippen molar-refractivity contribution in [2.75, 3.05) is 7.11 Å². The number of rotatable bonds is 3. The Morgan fingerprint density at radius 2 is 1.89 bits per heavy atom. The zero-order chi connectivity index (χ0) is 19.3. The van der Waals surface area contributed by atoms with Gasteiger partial charge in [0.25, 0.3) is 0 Å². The molecule has 0 unspecified atom stereocenters. The molecule has 4 aromatic rings. The molecule has 6 heteroatoms. The molecule has 0 aliphatic carbocycles. The quantitative estimate of drug-likeness (QED) is 0.594. The summed E-state index contributed by atoms with van der Waals surface area (Å²) in [5.41, 5.74) is 7.10. The van der Waals surface area contributed by atoms with Crippen LogP contribution >= 0.6 is 0 Å². The summed E-state index contributed by atoms with van der Waals surface area (Å²) in [6.45, 7) is 5.84. The smallest absolute Gasteiger partial charge is 0.326 e. The van der Waals surface area contributed by atoms with Gasteiger partial charge in [0, 0.05) is 23.7 Å². The molecule has 0 atom stereocenters. The SMILES string of the molecule is COc1ccc(C)cc1-c1cc(-c2c(C)noc2C)cc2[nH]c(=O)n(C)c12. The number of nitrogens with one attached hydrogen (secondary N) is 1. The van der Waals surface area contributed by atoms with Gasteiger partial charge in [0.1, 0.15) is 11.5 Å². The molecule has 0 aliphatic heterocycles. The van der Waals surface area contributed by atoms with E-state index < -0.39 is 0 Å². The van der Waals surface area contributed by atoms with E-state index in [1.807, 2.05) is 39.0 Å². The van der Waals surface area contributed by atoms with Gasteiger partial charge in [-0.15, -0.1) is 0 Å². The summed E-state index contributed by atoms with van der Waals surface area (Å²) in [5, 5.41) is 4.07. The topological polar surface area (TPSA) is 73.1 Å². The van der Waals surface area contributed by atoms with Crippen LogP contribution in [0.25, 0.3) is 33.3 Å². The van der Waals surface area contributed by atoms with Gasteiger partial charge in [-0.25, -0.2) is 4.79 Å². The molecule has 0 aliphatic rings. The van der Waals surface area contributed by atoms with Crippen LogP contribution < -0.4 is 10.4 Å². The first-order valence-electron chi connectivity index (χ1n) is 8.71. The Hall–Kier alpha value is -3.28. The van der Waals surface area contributed by atoms with E-state index in [0.717, 1.165) is 56.1 Å². The van der Waals surface area contributed by atoms with E-state index in [0.29, 0.717) is 0 Å². The van der Waals surface area contributed by atoms with Gasteiger partial charge >= 0.3 is 5.69 Å². The first kappa shape index (κ1) is 17.1. The second-order valence-corrected chi connectivity index (χ2v) is 6.81. The fourth-order valence-corrected chi connectivity index (χ4v) is 3.67. The summed E-state index contributed by atoms with van der Waals surface area (Å²) < 4.78 is 12.6. The standard InChI is InChI=1S/C21H21N3O3/c1-11-6-7-18(26-5)15(8-11)16-9-14(19-12(2)23-27-13(19)3)10-17-20(16)24(4)21(25)22-17/h6-10H,1-5H3,(H,22,25). The largest absolute Gasteiger partial charge is 0.496 e. The van der Waals surface area contributed by atoms with Crippen molar-refractivity contribution in [3.05, 3.63) is 57.8 Å². The van der Waals surface area contributed by atoms with Crippen LogP contribution in [0.5, 0.6) is 5.75 Å². The molecule has 6 nitrogen and oxygen atoms in total. The van der Waals surface area contributed by atoms with Crippen LogP contribution in [0.2, 0.25) is 0 Å². The van der Waals surface area contributed by atoms with Crippen LogP contribution in [0.1, 0.15) is 17.0 Å². The van der Waals surface area contributed by atoms with Crippen LogP contribution in [-0.4, -0.2) is 21.8 Å². The van der Waals surface area contributed by atoms with Crippen LogP contribution in [0, 0.1) is 20.8 Å². The average Bonchev–Trinajstić information content (AvgIpc) is 3.12. The zero-order valence-corrected chi connectivity index (χ0v) is 16.0. The first-order valence-corrected chi connectivity index (χ1v) is 8.71. The maximum absolute atomic E-state index is 12.3. The maximum atomic E-state index is 12.3. The van der Waals surface area contributed by atoms with Gasteiger partial charge in [-0.1, -0.05) is 16.8 Å². The maximum Gasteiger partial charge on any atom is 0.326 e. The highest BCUT2D eigenvalue weighted by atomic mass is 16.5. The predicted octanol–water partition coefficient (Wildman–Crippen LogP) is 4.12. The number of benzene rings is 2. The molecule has 4 rings (SSSR count). The summed E-state index contributed by atoms with van der Waals surface area (Å²) in [4.78, 5) is 15.3. The van der Waals surface area contributed by atoms with Crippen LogP contribution in [0.4, 0.5) is 0 Å². The number of imidazole rings is 1. The minimum atomic E-state index is -0.159. The Bertz CT molecular complexity index is 1210. The number of aryl methyl sites for hydroxylation is 4. The molecule has 27 heavy (non-hydrogen) atoms. The number of methoxy groups -OCH3 is 1. The van der Waals surface area contributed by atoms with E-state index in [9.17, 15) is 4.79 Å². The molecule has 138 valence electrons. The van der Waals surface area contributed by atoms with Crippen molar-refractivity contribution in [2.45, 2.75) is 20.8 Å². The molecule has 0 saturated heterocycles. The van der Waals surface area contributed by atoms with Gasteiger partial charge in [-0.3, -0.25) is 4.57 Å². The molecular weight excluding hydrogens is 342 g/mol. The second-order valence-electron chi connectivity index (χ2n) is 6.81. The highest BCUT2D eigenvalue weighted by Gasteiger charge is 2.19. The summed E-state index contributed by atoms with van der Waals surface area (Å²) in [5.74, 6) is 1.50. The number of aromatic amines is 1. The van der Waals surface area contributed by atoms with Crippen molar-refractivity contribution in [3.63, 3.8) is 0 Å². The Morgan fingerprint density at radius 3 is 2.56 bits per heavy atom. The van der Waals surface area contributed by atoms with Crippen molar-refractivity contribution < 1.29 is 9.26 Å². The Morgan fingerprint density at radius 1 is 1.11 bits per heavy atom. The summed E-state index contributed by atoms with van der Waals surface area (Å²) in [7, 11) is 3.42. The molecule has 2 aromatic heterocycles. The lowest BCUT2D eigenvalue weighted by molar-refractivity contribution is 0.393. The van der Waals surface area contributed by atoms with Gasteiger partial charge < -0.3 is 14.2 Å². The predicted molar refractivity (Wildman–Crippen MR) is 105 cm³/mol. The van der Waals surface area contributed by atoms with E-state index in [2.05, 4.69) is 22.3 Å². The summed E-state index contributed by atoms with van der Waals surface area (Å²) in [6, 6.07) is 10.1. The zero-order valence-electron chi connectivity index (χ0n) is 16.0. The summed E-state index contributed by atoms with van der Waals surface area (Å²) >= 11 is 0. The Labute approximate surface area is 156 Å². The van der Waals surface area contributed by atoms with Crippen molar-refractivity contribution in [3.8, 4) is 28.0 Å². The second kappa shape index (κ2) is 6.16. The fraction of sp³-hybridized carbons (Fsp3) is 0.238. The molecule has 2 aromatic carbocycles. The molecule has 1 N–H and O–H groups in total. The first-order chi connectivity index (χ1) is 12.9. The van der Waals surface area contributed by atoms with Crippen LogP contribution in [0.3, 0.4) is 0 Å². The molecular formula is C21H21N3O3. The van der Waals surface area contributed by atoms with Crippen LogP contribution in [-0.2, 0) is 7.05 Å². The third-order valence-electron chi connectivity index (χ3n) is 4.96. The lowest BCUT2D eigenvalue weighted by Gasteiger charge is -2.13. The van der Waals surface area contributed by atoms with Gasteiger partial charge in [0.2, 0.25) is 0 Å². The molecule has 0 amide bonds. The molecule has 0 radical (unpaired) electrons. The lowest BCUT2D eigenvalue weighted by atomic mass is 9.95. The van der Waals surface area contributed by atoms with E-state index in [1.165, 1.54) is 0 Å². The number of aromatic nitrogens is 3. The van der Waals surface area contributed by atoms with Crippen molar-refractivity contribution in [1.29, 1.82) is 0 Å². The fourth-order valence-electron chi connectivity index (χ4n) is 3.67.